The van der Waals surface area contributed by atoms with E-state index in [-0.39, 0.29) is 0 Å². The highest BCUT2D eigenvalue weighted by atomic mass is 16.5. The number of allylic oxidation sites excluding steroid dienone is 1. The summed E-state index contributed by atoms with van der Waals surface area (Å²) in [5, 5.41) is 3.07. The lowest BCUT2D eigenvalue weighted by Crippen LogP contribution is -1.98. The predicted molar refractivity (Wildman–Crippen MR) is 89.7 cm³/mol. The van der Waals surface area contributed by atoms with Crippen LogP contribution in [0.1, 0.15) is 63.1 Å². The van der Waals surface area contributed by atoms with E-state index in [1.807, 2.05) is 13.0 Å². The second-order valence-corrected chi connectivity index (χ2v) is 5.25. The molecule has 0 aliphatic carbocycles. The van der Waals surface area contributed by atoms with Crippen LogP contribution in [0.4, 0.5) is 0 Å². The molecule has 0 radical (unpaired) electrons. The molecule has 0 N–H and O–H groups in total. The van der Waals surface area contributed by atoms with Crippen LogP contribution in [-0.2, 0) is 12.8 Å². The van der Waals surface area contributed by atoms with E-state index in [9.17, 15) is 4.91 Å². The molecule has 0 heterocycles. The zero-order chi connectivity index (χ0) is 15.7. The minimum atomic E-state index is 0.550. The van der Waals surface area contributed by atoms with Crippen LogP contribution in [0.3, 0.4) is 0 Å². The average Bonchev–Trinajstić information content (AvgIpc) is 2.52. The summed E-state index contributed by atoms with van der Waals surface area (Å²) in [5.41, 5.74) is 4.19. The molecule has 3 nitrogen and oxygen atoms in total. The largest absolute Gasteiger partial charge is 0.496 e. The molecule has 1 aromatic rings. The molecule has 1 rings (SSSR count). The van der Waals surface area contributed by atoms with E-state index in [1.54, 1.807) is 7.11 Å². The lowest BCUT2D eigenvalue weighted by molar-refractivity contribution is 0.413. The van der Waals surface area contributed by atoms with Gasteiger partial charge < -0.3 is 4.74 Å². The van der Waals surface area contributed by atoms with Crippen LogP contribution in [0, 0.1) is 4.91 Å². The number of nitroso groups, excluding NO2 is 1. The van der Waals surface area contributed by atoms with Gasteiger partial charge in [0.2, 0.25) is 0 Å². The van der Waals surface area contributed by atoms with Gasteiger partial charge in [-0.2, -0.15) is 0 Å². The lowest BCUT2D eigenvalue weighted by atomic mass is 9.96. The zero-order valence-corrected chi connectivity index (χ0v) is 13.7. The van der Waals surface area contributed by atoms with Crippen molar-refractivity contribution in [3.05, 3.63) is 39.4 Å². The summed E-state index contributed by atoms with van der Waals surface area (Å²) in [7, 11) is 1.67. The molecule has 116 valence electrons. The van der Waals surface area contributed by atoms with Gasteiger partial charge in [-0.1, -0.05) is 33.6 Å². The minimum absolute atomic E-state index is 0.550. The summed E-state index contributed by atoms with van der Waals surface area (Å²) < 4.78 is 5.49. The van der Waals surface area contributed by atoms with E-state index in [4.69, 9.17) is 4.74 Å². The zero-order valence-electron chi connectivity index (χ0n) is 13.7. The van der Waals surface area contributed by atoms with Gasteiger partial charge in [0.1, 0.15) is 5.75 Å². The highest BCUT2D eigenvalue weighted by Gasteiger charge is 2.09. The van der Waals surface area contributed by atoms with Crippen molar-refractivity contribution in [1.29, 1.82) is 0 Å². The van der Waals surface area contributed by atoms with Gasteiger partial charge in [-0.25, -0.2) is 0 Å². The molecule has 0 aliphatic rings. The number of hydrogen-bond donors (Lipinski definition) is 0. The molecule has 0 fully saturated rings. The maximum Gasteiger partial charge on any atom is 0.126 e. The predicted octanol–water partition coefficient (Wildman–Crippen LogP) is 5.51. The van der Waals surface area contributed by atoms with Gasteiger partial charge in [-0.15, -0.1) is 4.91 Å². The smallest absolute Gasteiger partial charge is 0.126 e. The van der Waals surface area contributed by atoms with Gasteiger partial charge in [-0.05, 0) is 60.2 Å². The molecule has 0 unspecified atom stereocenters. The van der Waals surface area contributed by atoms with Crippen LogP contribution in [0.5, 0.6) is 5.75 Å². The minimum Gasteiger partial charge on any atom is -0.496 e. The highest BCUT2D eigenvalue weighted by molar-refractivity contribution is 5.62. The van der Waals surface area contributed by atoms with E-state index < -0.39 is 0 Å². The fourth-order valence-corrected chi connectivity index (χ4v) is 2.48. The number of benzene rings is 1. The fraction of sp³-hybridized carbons (Fsp3) is 0.556. The Bertz CT molecular complexity index is 492. The standard InChI is InChI=1S/C18H27NO2/c1-5-8-9-10-15-13-18(21-4)16(11-14(15)6-2)12-17(7-3)19-20/h11-13H,5-10H2,1-4H3/b17-12+. The molecule has 1 aromatic carbocycles. The number of methoxy groups -OCH3 is 1. The van der Waals surface area contributed by atoms with E-state index in [0.29, 0.717) is 12.1 Å². The van der Waals surface area contributed by atoms with Crippen molar-refractivity contribution < 1.29 is 4.74 Å². The van der Waals surface area contributed by atoms with Crippen molar-refractivity contribution in [2.24, 2.45) is 5.18 Å². The van der Waals surface area contributed by atoms with Crippen molar-refractivity contribution >= 4 is 6.08 Å². The summed E-state index contributed by atoms with van der Waals surface area (Å²) in [5.74, 6) is 0.827. The summed E-state index contributed by atoms with van der Waals surface area (Å²) in [6.07, 6.45) is 8.23. The summed E-state index contributed by atoms with van der Waals surface area (Å²) in [6.45, 7) is 6.31. The van der Waals surface area contributed by atoms with Crippen LogP contribution in [0.2, 0.25) is 0 Å². The lowest BCUT2D eigenvalue weighted by Gasteiger charge is -2.13. The maximum atomic E-state index is 10.8. The van der Waals surface area contributed by atoms with E-state index >= 15 is 0 Å². The number of hydrogen-bond acceptors (Lipinski definition) is 3. The Kier molecular flexibility index (Phi) is 7.73. The number of rotatable bonds is 9. The Balaban J connectivity index is 3.16. The molecule has 0 saturated heterocycles. The first-order valence-electron chi connectivity index (χ1n) is 7.93. The molecule has 0 spiro atoms. The maximum absolute atomic E-state index is 10.8. The first-order valence-corrected chi connectivity index (χ1v) is 7.93. The van der Waals surface area contributed by atoms with Crippen molar-refractivity contribution in [3.8, 4) is 5.75 Å². The molecule has 0 aromatic heterocycles. The van der Waals surface area contributed by atoms with Gasteiger partial charge in [-0.3, -0.25) is 0 Å². The molecular formula is C18H27NO2. The molecule has 21 heavy (non-hydrogen) atoms. The molecule has 0 amide bonds. The van der Waals surface area contributed by atoms with E-state index in [0.717, 1.165) is 24.2 Å². The summed E-state index contributed by atoms with van der Waals surface area (Å²) in [6, 6.07) is 4.26. The molecule has 0 bridgehead atoms. The number of nitrogens with zero attached hydrogens (tertiary/aromatic N) is 1. The quantitative estimate of drug-likeness (QED) is 0.444. The Labute approximate surface area is 128 Å². The monoisotopic (exact) mass is 289 g/mol. The van der Waals surface area contributed by atoms with Crippen molar-refractivity contribution in [2.75, 3.05) is 7.11 Å². The Morgan fingerprint density at radius 2 is 1.95 bits per heavy atom. The topological polar surface area (TPSA) is 38.7 Å². The third-order valence-corrected chi connectivity index (χ3v) is 3.78. The molecule has 0 atom stereocenters. The van der Waals surface area contributed by atoms with Gasteiger partial charge in [0.25, 0.3) is 0 Å². The highest BCUT2D eigenvalue weighted by Crippen LogP contribution is 2.28. The van der Waals surface area contributed by atoms with Crippen LogP contribution in [0.15, 0.2) is 23.0 Å². The van der Waals surface area contributed by atoms with Gasteiger partial charge >= 0.3 is 0 Å². The average molecular weight is 289 g/mol. The summed E-state index contributed by atoms with van der Waals surface area (Å²) >= 11 is 0. The van der Waals surface area contributed by atoms with Crippen molar-refractivity contribution in [1.82, 2.24) is 0 Å². The number of ether oxygens (including phenoxy) is 1. The van der Waals surface area contributed by atoms with Gasteiger partial charge in [0.15, 0.2) is 0 Å². The van der Waals surface area contributed by atoms with Crippen LogP contribution in [0.25, 0.3) is 6.08 Å². The second-order valence-electron chi connectivity index (χ2n) is 5.25. The van der Waals surface area contributed by atoms with E-state index in [2.05, 4.69) is 31.2 Å². The summed E-state index contributed by atoms with van der Waals surface area (Å²) in [4.78, 5) is 10.8. The second kappa shape index (κ2) is 9.32. The number of unbranched alkanes of at least 4 members (excludes halogenated alkanes) is 2. The first kappa shape index (κ1) is 17.4. The number of aryl methyl sites for hydroxylation is 2. The SMILES string of the molecule is CCCCCc1cc(OC)c(/C=C(\CC)N=O)cc1CC. The molecule has 0 aliphatic heterocycles. The normalized spacial score (nSPS) is 11.5. The first-order chi connectivity index (χ1) is 10.2. The van der Waals surface area contributed by atoms with E-state index in [1.165, 1.54) is 30.4 Å². The van der Waals surface area contributed by atoms with Gasteiger partial charge in [0.05, 0.1) is 12.8 Å². The van der Waals surface area contributed by atoms with Gasteiger partial charge in [0, 0.05) is 5.56 Å². The molecule has 3 heteroatoms. The Morgan fingerprint density at radius 1 is 1.19 bits per heavy atom. The van der Waals surface area contributed by atoms with Crippen LogP contribution in [-0.4, -0.2) is 7.11 Å². The molecule has 0 saturated carbocycles. The van der Waals surface area contributed by atoms with Crippen molar-refractivity contribution in [3.63, 3.8) is 0 Å². The van der Waals surface area contributed by atoms with Crippen LogP contribution < -0.4 is 4.74 Å². The van der Waals surface area contributed by atoms with Crippen molar-refractivity contribution in [2.45, 2.75) is 59.3 Å². The third kappa shape index (κ3) is 5.00. The Hall–Kier alpha value is -1.64. The molecular weight excluding hydrogens is 262 g/mol. The Morgan fingerprint density at radius 3 is 2.48 bits per heavy atom. The van der Waals surface area contributed by atoms with Crippen LogP contribution >= 0.6 is 0 Å². The fourth-order valence-electron chi connectivity index (χ4n) is 2.48. The third-order valence-electron chi connectivity index (χ3n) is 3.78.